The van der Waals surface area contributed by atoms with Crippen LogP contribution in [0.25, 0.3) is 0 Å². The molecule has 2 aromatic heterocycles. The molecule has 4 heteroatoms. The summed E-state index contributed by atoms with van der Waals surface area (Å²) in [5.74, 6) is 1.16. The molecule has 0 aromatic carbocycles. The number of rotatable bonds is 3. The molecule has 0 atom stereocenters. The molecule has 0 spiro atoms. The number of carbonyl (C=O) groups excluding carboxylic acids is 1. The van der Waals surface area contributed by atoms with E-state index in [-0.39, 0.29) is 5.78 Å². The fraction of sp³-hybridized carbons (Fsp3) is 0.0833. The number of nitrogens with zero attached hydrogens (tertiary/aromatic N) is 2. The first kappa shape index (κ1) is 10.3. The Hall–Kier alpha value is -2.23. The van der Waals surface area contributed by atoms with Crippen molar-refractivity contribution in [3.8, 4) is 11.5 Å². The molecule has 0 saturated carbocycles. The van der Waals surface area contributed by atoms with Crippen LogP contribution in [0.15, 0.2) is 42.9 Å². The van der Waals surface area contributed by atoms with Gasteiger partial charge in [0.15, 0.2) is 5.78 Å². The normalized spacial score (nSPS) is 9.81. The van der Waals surface area contributed by atoms with Gasteiger partial charge < -0.3 is 4.74 Å². The molecular formula is C12H10N2O2. The highest BCUT2D eigenvalue weighted by Crippen LogP contribution is 2.18. The summed E-state index contributed by atoms with van der Waals surface area (Å²) in [6, 6.07) is 6.92. The Morgan fingerprint density at radius 1 is 1.19 bits per heavy atom. The van der Waals surface area contributed by atoms with E-state index >= 15 is 0 Å². The molecule has 0 unspecified atom stereocenters. The maximum absolute atomic E-state index is 11.0. The second-order valence-corrected chi connectivity index (χ2v) is 3.23. The zero-order valence-electron chi connectivity index (χ0n) is 8.75. The lowest BCUT2D eigenvalue weighted by Crippen LogP contribution is -1.95. The van der Waals surface area contributed by atoms with Crippen molar-refractivity contribution in [3.05, 3.63) is 48.5 Å². The number of Topliss-reactive ketones (excluding diaryl/α,β-unsaturated/α-hetero) is 1. The van der Waals surface area contributed by atoms with Gasteiger partial charge in [-0.3, -0.25) is 9.78 Å². The topological polar surface area (TPSA) is 52.1 Å². The van der Waals surface area contributed by atoms with E-state index in [0.29, 0.717) is 17.2 Å². The molecule has 2 rings (SSSR count). The molecule has 0 aliphatic carbocycles. The maximum atomic E-state index is 11.0. The third-order valence-corrected chi connectivity index (χ3v) is 1.97. The van der Waals surface area contributed by atoms with Crippen molar-refractivity contribution in [1.29, 1.82) is 0 Å². The Balaban J connectivity index is 2.14. The van der Waals surface area contributed by atoms with Crippen molar-refractivity contribution in [2.45, 2.75) is 6.92 Å². The Bertz CT molecular complexity index is 480. The molecule has 16 heavy (non-hydrogen) atoms. The predicted octanol–water partition coefficient (Wildman–Crippen LogP) is 2.47. The summed E-state index contributed by atoms with van der Waals surface area (Å²) in [7, 11) is 0. The molecule has 80 valence electrons. The standard InChI is InChI=1S/C12H10N2O2/c1-9(15)12-5-4-11(8-14-12)16-10-3-2-6-13-7-10/h2-8H,1H3. The Morgan fingerprint density at radius 2 is 2.00 bits per heavy atom. The van der Waals surface area contributed by atoms with Crippen LogP contribution in [0.5, 0.6) is 11.5 Å². The average molecular weight is 214 g/mol. The van der Waals surface area contributed by atoms with Crippen LogP contribution in [0.2, 0.25) is 0 Å². The third-order valence-electron chi connectivity index (χ3n) is 1.97. The van der Waals surface area contributed by atoms with Crippen LogP contribution < -0.4 is 4.74 Å². The van der Waals surface area contributed by atoms with Crippen molar-refractivity contribution in [3.63, 3.8) is 0 Å². The van der Waals surface area contributed by atoms with Crippen molar-refractivity contribution in [2.24, 2.45) is 0 Å². The molecule has 0 fully saturated rings. The number of aromatic nitrogens is 2. The number of ether oxygens (including phenoxy) is 1. The van der Waals surface area contributed by atoms with Crippen molar-refractivity contribution >= 4 is 5.78 Å². The van der Waals surface area contributed by atoms with E-state index in [4.69, 9.17) is 4.74 Å². The number of hydrogen-bond donors (Lipinski definition) is 0. The molecule has 0 bridgehead atoms. The van der Waals surface area contributed by atoms with Gasteiger partial charge in [0.05, 0.1) is 12.4 Å². The zero-order chi connectivity index (χ0) is 11.4. The molecule has 0 N–H and O–H groups in total. The largest absolute Gasteiger partial charge is 0.454 e. The average Bonchev–Trinajstić information content (AvgIpc) is 2.31. The van der Waals surface area contributed by atoms with Crippen LogP contribution in [-0.2, 0) is 0 Å². The third kappa shape index (κ3) is 2.42. The zero-order valence-corrected chi connectivity index (χ0v) is 8.75. The number of hydrogen-bond acceptors (Lipinski definition) is 4. The van der Waals surface area contributed by atoms with E-state index in [2.05, 4.69) is 9.97 Å². The lowest BCUT2D eigenvalue weighted by Gasteiger charge is -2.04. The minimum absolute atomic E-state index is 0.0621. The Kier molecular flexibility index (Phi) is 2.91. The first-order valence-electron chi connectivity index (χ1n) is 4.80. The van der Waals surface area contributed by atoms with Crippen LogP contribution in [0.1, 0.15) is 17.4 Å². The molecule has 0 radical (unpaired) electrons. The van der Waals surface area contributed by atoms with E-state index in [0.717, 1.165) is 0 Å². The summed E-state index contributed by atoms with van der Waals surface area (Å²) in [5, 5.41) is 0. The maximum Gasteiger partial charge on any atom is 0.178 e. The molecule has 0 saturated heterocycles. The highest BCUT2D eigenvalue weighted by molar-refractivity contribution is 5.92. The van der Waals surface area contributed by atoms with Gasteiger partial charge in [0, 0.05) is 13.1 Å². The van der Waals surface area contributed by atoms with Gasteiger partial charge in [0.25, 0.3) is 0 Å². The number of pyridine rings is 2. The lowest BCUT2D eigenvalue weighted by atomic mass is 10.3. The molecular weight excluding hydrogens is 204 g/mol. The minimum Gasteiger partial charge on any atom is -0.454 e. The quantitative estimate of drug-likeness (QED) is 0.736. The second kappa shape index (κ2) is 4.53. The second-order valence-electron chi connectivity index (χ2n) is 3.23. The van der Waals surface area contributed by atoms with E-state index < -0.39 is 0 Å². The molecule has 0 aliphatic rings. The van der Waals surface area contributed by atoms with E-state index in [1.54, 1.807) is 36.7 Å². The van der Waals surface area contributed by atoms with Crippen molar-refractivity contribution < 1.29 is 9.53 Å². The molecule has 2 heterocycles. The highest BCUT2D eigenvalue weighted by Gasteiger charge is 2.01. The minimum atomic E-state index is -0.0621. The fourth-order valence-electron chi connectivity index (χ4n) is 1.19. The van der Waals surface area contributed by atoms with Gasteiger partial charge in [-0.25, -0.2) is 4.98 Å². The van der Waals surface area contributed by atoms with Crippen LogP contribution in [0, 0.1) is 0 Å². The summed E-state index contributed by atoms with van der Waals surface area (Å²) in [6.07, 6.45) is 4.80. The van der Waals surface area contributed by atoms with Crippen molar-refractivity contribution in [1.82, 2.24) is 9.97 Å². The molecule has 2 aromatic rings. The van der Waals surface area contributed by atoms with Gasteiger partial charge in [-0.1, -0.05) is 0 Å². The Labute approximate surface area is 92.9 Å². The van der Waals surface area contributed by atoms with Crippen molar-refractivity contribution in [2.75, 3.05) is 0 Å². The first-order chi connectivity index (χ1) is 7.75. The predicted molar refractivity (Wildman–Crippen MR) is 58.6 cm³/mol. The van der Waals surface area contributed by atoms with E-state index in [1.165, 1.54) is 13.1 Å². The summed E-state index contributed by atoms with van der Waals surface area (Å²) in [4.78, 5) is 18.9. The lowest BCUT2D eigenvalue weighted by molar-refractivity contribution is 0.101. The van der Waals surface area contributed by atoms with Gasteiger partial charge >= 0.3 is 0 Å². The summed E-state index contributed by atoms with van der Waals surface area (Å²) >= 11 is 0. The number of carbonyl (C=O) groups is 1. The van der Waals surface area contributed by atoms with E-state index in [9.17, 15) is 4.79 Å². The highest BCUT2D eigenvalue weighted by atomic mass is 16.5. The summed E-state index contributed by atoms with van der Waals surface area (Å²) in [6.45, 7) is 1.48. The van der Waals surface area contributed by atoms with Gasteiger partial charge in [0.2, 0.25) is 0 Å². The molecule has 0 amide bonds. The van der Waals surface area contributed by atoms with Crippen LogP contribution >= 0.6 is 0 Å². The van der Waals surface area contributed by atoms with Gasteiger partial charge in [-0.15, -0.1) is 0 Å². The molecule has 0 aliphatic heterocycles. The van der Waals surface area contributed by atoms with Crippen LogP contribution in [0.3, 0.4) is 0 Å². The summed E-state index contributed by atoms with van der Waals surface area (Å²) in [5.41, 5.74) is 0.429. The number of ketones is 1. The van der Waals surface area contributed by atoms with Gasteiger partial charge in [-0.2, -0.15) is 0 Å². The Morgan fingerprint density at radius 3 is 2.56 bits per heavy atom. The molecule has 4 nitrogen and oxygen atoms in total. The SMILES string of the molecule is CC(=O)c1ccc(Oc2cccnc2)cn1. The van der Waals surface area contributed by atoms with E-state index in [1.807, 2.05) is 0 Å². The monoisotopic (exact) mass is 214 g/mol. The van der Waals surface area contributed by atoms with Gasteiger partial charge in [-0.05, 0) is 24.3 Å². The van der Waals surface area contributed by atoms with Crippen LogP contribution in [0.4, 0.5) is 0 Å². The fourth-order valence-corrected chi connectivity index (χ4v) is 1.19. The smallest absolute Gasteiger partial charge is 0.178 e. The summed E-state index contributed by atoms with van der Waals surface area (Å²) < 4.78 is 5.48. The van der Waals surface area contributed by atoms with Gasteiger partial charge in [0.1, 0.15) is 17.2 Å². The first-order valence-corrected chi connectivity index (χ1v) is 4.80. The van der Waals surface area contributed by atoms with Crippen LogP contribution in [-0.4, -0.2) is 15.8 Å².